The minimum Gasteiger partial charge on any atom is -0.465 e. The molecule has 1 N–H and O–H groups in total. The zero-order valence-electron chi connectivity index (χ0n) is 9.91. The van der Waals surface area contributed by atoms with Crippen LogP contribution < -0.4 is 5.32 Å². The van der Waals surface area contributed by atoms with Crippen molar-refractivity contribution in [2.45, 2.75) is 19.2 Å². The average molecular weight is 256 g/mol. The number of amides is 1. The van der Waals surface area contributed by atoms with E-state index in [0.29, 0.717) is 11.3 Å². The number of carbonyl (C=O) groups is 2. The molecule has 92 valence electrons. The fourth-order valence-electron chi connectivity index (χ4n) is 1.23. The van der Waals surface area contributed by atoms with E-state index in [1.165, 1.54) is 7.11 Å². The Kier molecular flexibility index (Phi) is 4.52. The topological polar surface area (TPSA) is 55.4 Å². The first kappa shape index (κ1) is 13.5. The molecule has 0 spiro atoms. The minimum atomic E-state index is -0.629. The van der Waals surface area contributed by atoms with Gasteiger partial charge in [-0.3, -0.25) is 4.79 Å². The molecule has 0 saturated heterocycles. The van der Waals surface area contributed by atoms with E-state index < -0.39 is 11.3 Å². The highest BCUT2D eigenvalue weighted by molar-refractivity contribution is 6.32. The smallest absolute Gasteiger partial charge is 0.337 e. The fourth-order valence-corrected chi connectivity index (χ4v) is 1.29. The number of alkyl halides is 1. The number of halogens is 1. The van der Waals surface area contributed by atoms with Gasteiger partial charge in [-0.15, -0.1) is 11.6 Å². The van der Waals surface area contributed by atoms with Gasteiger partial charge >= 0.3 is 5.97 Å². The molecular formula is C12H14ClNO3. The second-order valence-electron chi connectivity index (χ2n) is 3.63. The molecule has 1 aromatic carbocycles. The van der Waals surface area contributed by atoms with Crippen molar-refractivity contribution >= 4 is 29.2 Å². The number of esters is 1. The van der Waals surface area contributed by atoms with E-state index in [2.05, 4.69) is 10.1 Å². The molecular weight excluding hydrogens is 242 g/mol. The molecule has 1 aromatic rings. The van der Waals surface area contributed by atoms with Gasteiger partial charge in [-0.2, -0.15) is 0 Å². The number of anilines is 1. The van der Waals surface area contributed by atoms with Crippen molar-refractivity contribution in [2.24, 2.45) is 0 Å². The summed E-state index contributed by atoms with van der Waals surface area (Å²) in [6, 6.07) is 4.94. The van der Waals surface area contributed by atoms with E-state index in [9.17, 15) is 9.59 Å². The van der Waals surface area contributed by atoms with Crippen LogP contribution in [0.2, 0.25) is 0 Å². The van der Waals surface area contributed by atoms with Crippen LogP contribution in [0.3, 0.4) is 0 Å². The summed E-state index contributed by atoms with van der Waals surface area (Å²) < 4.78 is 4.61. The SMILES string of the molecule is COC(=O)c1ccc(C)c(NC(=O)[C@@H](C)Cl)c1. The Balaban J connectivity index is 2.99. The number of hydrogen-bond acceptors (Lipinski definition) is 3. The van der Waals surface area contributed by atoms with Crippen LogP contribution in [0.4, 0.5) is 5.69 Å². The molecule has 0 aliphatic heterocycles. The molecule has 1 atom stereocenters. The maximum atomic E-state index is 11.5. The van der Waals surface area contributed by atoms with E-state index in [4.69, 9.17) is 11.6 Å². The number of carbonyl (C=O) groups excluding carboxylic acids is 2. The summed E-state index contributed by atoms with van der Waals surface area (Å²) in [7, 11) is 1.31. The molecule has 4 nitrogen and oxygen atoms in total. The monoisotopic (exact) mass is 255 g/mol. The Hall–Kier alpha value is -1.55. The number of nitrogens with one attached hydrogen (secondary N) is 1. The fraction of sp³-hybridized carbons (Fsp3) is 0.333. The van der Waals surface area contributed by atoms with Gasteiger partial charge in [-0.25, -0.2) is 4.79 Å². The van der Waals surface area contributed by atoms with Gasteiger partial charge in [0.1, 0.15) is 5.38 Å². The van der Waals surface area contributed by atoms with E-state index >= 15 is 0 Å². The van der Waals surface area contributed by atoms with Crippen LogP contribution in [-0.4, -0.2) is 24.4 Å². The van der Waals surface area contributed by atoms with Gasteiger partial charge in [0.05, 0.1) is 12.7 Å². The molecule has 0 radical (unpaired) electrons. The van der Waals surface area contributed by atoms with Crippen LogP contribution in [0.1, 0.15) is 22.8 Å². The highest BCUT2D eigenvalue weighted by Crippen LogP contribution is 2.18. The first-order valence-corrected chi connectivity index (χ1v) is 5.53. The summed E-state index contributed by atoms with van der Waals surface area (Å²) in [4.78, 5) is 22.8. The lowest BCUT2D eigenvalue weighted by Crippen LogP contribution is -2.21. The van der Waals surface area contributed by atoms with E-state index in [1.807, 2.05) is 6.92 Å². The largest absolute Gasteiger partial charge is 0.465 e. The highest BCUT2D eigenvalue weighted by Gasteiger charge is 2.13. The van der Waals surface area contributed by atoms with Crippen molar-refractivity contribution < 1.29 is 14.3 Å². The highest BCUT2D eigenvalue weighted by atomic mass is 35.5. The molecule has 0 aliphatic carbocycles. The average Bonchev–Trinajstić information content (AvgIpc) is 2.30. The summed E-state index contributed by atoms with van der Waals surface area (Å²) in [5.41, 5.74) is 1.80. The van der Waals surface area contributed by atoms with Crippen LogP contribution in [0.5, 0.6) is 0 Å². The Morgan fingerprint density at radius 1 is 1.41 bits per heavy atom. The van der Waals surface area contributed by atoms with E-state index in [1.54, 1.807) is 25.1 Å². The Labute approximate surface area is 105 Å². The first-order valence-electron chi connectivity index (χ1n) is 5.09. The maximum Gasteiger partial charge on any atom is 0.337 e. The molecule has 0 unspecified atom stereocenters. The van der Waals surface area contributed by atoms with E-state index in [0.717, 1.165) is 5.56 Å². The van der Waals surface area contributed by atoms with Gasteiger partial charge in [-0.1, -0.05) is 6.07 Å². The molecule has 0 aromatic heterocycles. The molecule has 0 bridgehead atoms. The Bertz CT molecular complexity index is 443. The van der Waals surface area contributed by atoms with Gasteiger partial charge in [0.2, 0.25) is 5.91 Å². The number of benzene rings is 1. The van der Waals surface area contributed by atoms with Crippen molar-refractivity contribution in [1.82, 2.24) is 0 Å². The predicted molar refractivity (Wildman–Crippen MR) is 66.5 cm³/mol. The van der Waals surface area contributed by atoms with Crippen molar-refractivity contribution in [1.29, 1.82) is 0 Å². The van der Waals surface area contributed by atoms with Crippen LogP contribution in [0, 0.1) is 6.92 Å². The van der Waals surface area contributed by atoms with Crippen molar-refractivity contribution in [3.05, 3.63) is 29.3 Å². The molecule has 5 heteroatoms. The second-order valence-corrected chi connectivity index (χ2v) is 4.28. The summed E-state index contributed by atoms with van der Waals surface area (Å²) in [5.74, 6) is -0.754. The van der Waals surface area contributed by atoms with Crippen LogP contribution in [0.25, 0.3) is 0 Å². The van der Waals surface area contributed by atoms with E-state index in [-0.39, 0.29) is 5.91 Å². The number of methoxy groups -OCH3 is 1. The normalized spacial score (nSPS) is 11.8. The predicted octanol–water partition coefficient (Wildman–Crippen LogP) is 2.35. The van der Waals surface area contributed by atoms with Crippen molar-refractivity contribution in [2.75, 3.05) is 12.4 Å². The Morgan fingerprint density at radius 2 is 2.06 bits per heavy atom. The second kappa shape index (κ2) is 5.68. The molecule has 0 fully saturated rings. The first-order chi connectivity index (χ1) is 7.95. The standard InChI is InChI=1S/C12H14ClNO3/c1-7-4-5-9(12(16)17-3)6-10(7)14-11(15)8(2)13/h4-6,8H,1-3H3,(H,14,15)/t8-/m1/s1. The van der Waals surface area contributed by atoms with Crippen LogP contribution in [-0.2, 0) is 9.53 Å². The van der Waals surface area contributed by atoms with Crippen LogP contribution >= 0.6 is 11.6 Å². The van der Waals surface area contributed by atoms with Crippen molar-refractivity contribution in [3.8, 4) is 0 Å². The number of rotatable bonds is 3. The van der Waals surface area contributed by atoms with Gasteiger partial charge in [0.25, 0.3) is 0 Å². The lowest BCUT2D eigenvalue weighted by atomic mass is 10.1. The summed E-state index contributed by atoms with van der Waals surface area (Å²) in [6.07, 6.45) is 0. The third-order valence-corrected chi connectivity index (χ3v) is 2.48. The third-order valence-electron chi connectivity index (χ3n) is 2.28. The molecule has 0 saturated carbocycles. The number of aryl methyl sites for hydroxylation is 1. The van der Waals surface area contributed by atoms with Gasteiger partial charge in [0.15, 0.2) is 0 Å². The molecule has 1 rings (SSSR count). The van der Waals surface area contributed by atoms with Gasteiger partial charge in [-0.05, 0) is 31.5 Å². The van der Waals surface area contributed by atoms with Crippen molar-refractivity contribution in [3.63, 3.8) is 0 Å². The molecule has 0 heterocycles. The summed E-state index contributed by atoms with van der Waals surface area (Å²) >= 11 is 5.66. The quantitative estimate of drug-likeness (QED) is 0.666. The molecule has 1 amide bonds. The number of hydrogen-bond donors (Lipinski definition) is 1. The third kappa shape index (κ3) is 3.46. The minimum absolute atomic E-state index is 0.309. The molecule has 0 aliphatic rings. The Morgan fingerprint density at radius 3 is 2.59 bits per heavy atom. The van der Waals surface area contributed by atoms with Gasteiger partial charge in [0, 0.05) is 5.69 Å². The zero-order chi connectivity index (χ0) is 13.0. The number of ether oxygens (including phenoxy) is 1. The maximum absolute atomic E-state index is 11.5. The lowest BCUT2D eigenvalue weighted by Gasteiger charge is -2.10. The summed E-state index contributed by atoms with van der Waals surface area (Å²) in [6.45, 7) is 3.41. The lowest BCUT2D eigenvalue weighted by molar-refractivity contribution is -0.115. The molecule has 17 heavy (non-hydrogen) atoms. The van der Waals surface area contributed by atoms with Crippen LogP contribution in [0.15, 0.2) is 18.2 Å². The summed E-state index contributed by atoms with van der Waals surface area (Å²) in [5, 5.41) is 2.02. The van der Waals surface area contributed by atoms with Gasteiger partial charge < -0.3 is 10.1 Å². The zero-order valence-corrected chi connectivity index (χ0v) is 10.7.